The van der Waals surface area contributed by atoms with Crippen LogP contribution < -0.4 is 0 Å². The lowest BCUT2D eigenvalue weighted by Gasteiger charge is -2.33. The van der Waals surface area contributed by atoms with Gasteiger partial charge in [0.15, 0.2) is 0 Å². The van der Waals surface area contributed by atoms with Gasteiger partial charge in [-0.05, 0) is 25.7 Å². The molecular formula is C16H21N3O2S. The van der Waals surface area contributed by atoms with Crippen molar-refractivity contribution in [2.45, 2.75) is 44.1 Å². The Bertz CT molecular complexity index is 570. The molecule has 2 amide bonds. The molecule has 5 nitrogen and oxygen atoms in total. The normalized spacial score (nSPS) is 29.2. The first-order chi connectivity index (χ1) is 10.7. The van der Waals surface area contributed by atoms with E-state index in [-0.39, 0.29) is 17.7 Å². The standard InChI is InChI=1S/C16H21N3O2S/c20-14-8-12(10-19(14)13-3-4-13)16(21)18-6-1-2-11(9-18)15-17-5-7-22-15/h5,7,11-13H,1-4,6,8-10H2. The Labute approximate surface area is 134 Å². The highest BCUT2D eigenvalue weighted by atomic mass is 32.1. The minimum atomic E-state index is -0.122. The largest absolute Gasteiger partial charge is 0.342 e. The third-order valence-electron chi connectivity index (χ3n) is 5.03. The van der Waals surface area contributed by atoms with Crippen LogP contribution in [0.15, 0.2) is 11.6 Å². The first kappa shape index (κ1) is 14.2. The molecule has 2 aliphatic heterocycles. The van der Waals surface area contributed by atoms with Gasteiger partial charge in [0.05, 0.1) is 10.9 Å². The van der Waals surface area contributed by atoms with Crippen molar-refractivity contribution in [2.75, 3.05) is 19.6 Å². The van der Waals surface area contributed by atoms with E-state index in [2.05, 4.69) is 4.98 Å². The highest BCUT2D eigenvalue weighted by molar-refractivity contribution is 7.09. The second-order valence-electron chi connectivity index (χ2n) is 6.67. The van der Waals surface area contributed by atoms with Gasteiger partial charge in [-0.2, -0.15) is 0 Å². The van der Waals surface area contributed by atoms with Crippen LogP contribution in [-0.2, 0) is 9.59 Å². The highest BCUT2D eigenvalue weighted by Gasteiger charge is 2.43. The molecule has 22 heavy (non-hydrogen) atoms. The Hall–Kier alpha value is -1.43. The summed E-state index contributed by atoms with van der Waals surface area (Å²) in [5.74, 6) is 0.601. The van der Waals surface area contributed by atoms with Crippen molar-refractivity contribution in [2.24, 2.45) is 5.92 Å². The first-order valence-electron chi connectivity index (χ1n) is 8.20. The van der Waals surface area contributed by atoms with Crippen molar-refractivity contribution < 1.29 is 9.59 Å². The number of carbonyl (C=O) groups excluding carboxylic acids is 2. The second-order valence-corrected chi connectivity index (χ2v) is 7.60. The molecule has 1 aromatic heterocycles. The van der Waals surface area contributed by atoms with Crippen LogP contribution in [0.2, 0.25) is 0 Å². The average molecular weight is 319 g/mol. The zero-order valence-corrected chi connectivity index (χ0v) is 13.4. The summed E-state index contributed by atoms with van der Waals surface area (Å²) in [6, 6.07) is 0.426. The van der Waals surface area contributed by atoms with E-state index < -0.39 is 0 Å². The summed E-state index contributed by atoms with van der Waals surface area (Å²) in [5, 5.41) is 3.14. The number of nitrogens with zero attached hydrogens (tertiary/aromatic N) is 3. The molecule has 6 heteroatoms. The zero-order valence-electron chi connectivity index (χ0n) is 12.6. The van der Waals surface area contributed by atoms with Crippen molar-refractivity contribution >= 4 is 23.2 Å². The van der Waals surface area contributed by atoms with Gasteiger partial charge in [-0.25, -0.2) is 4.98 Å². The molecule has 0 spiro atoms. The predicted molar refractivity (Wildman–Crippen MR) is 83.5 cm³/mol. The Morgan fingerprint density at radius 2 is 2.14 bits per heavy atom. The Morgan fingerprint density at radius 3 is 2.86 bits per heavy atom. The van der Waals surface area contributed by atoms with E-state index in [0.29, 0.717) is 24.9 Å². The fraction of sp³-hybridized carbons (Fsp3) is 0.688. The van der Waals surface area contributed by atoms with E-state index in [1.807, 2.05) is 21.4 Å². The maximum absolute atomic E-state index is 12.8. The van der Waals surface area contributed by atoms with Crippen LogP contribution in [-0.4, -0.2) is 52.3 Å². The summed E-state index contributed by atoms with van der Waals surface area (Å²) in [4.78, 5) is 33.1. The van der Waals surface area contributed by atoms with Crippen LogP contribution in [0.3, 0.4) is 0 Å². The lowest BCUT2D eigenvalue weighted by molar-refractivity contribution is -0.137. The van der Waals surface area contributed by atoms with E-state index in [9.17, 15) is 9.59 Å². The van der Waals surface area contributed by atoms with Crippen molar-refractivity contribution in [1.82, 2.24) is 14.8 Å². The summed E-state index contributed by atoms with van der Waals surface area (Å²) in [7, 11) is 0. The lowest BCUT2D eigenvalue weighted by Crippen LogP contribution is -2.43. The summed E-state index contributed by atoms with van der Waals surface area (Å²) >= 11 is 1.68. The number of hydrogen-bond acceptors (Lipinski definition) is 4. The van der Waals surface area contributed by atoms with Crippen molar-refractivity contribution in [3.05, 3.63) is 16.6 Å². The SMILES string of the molecule is O=C(C1CC(=O)N(C2CC2)C1)N1CCCC(c2nccs2)C1. The van der Waals surface area contributed by atoms with Gasteiger partial charge in [0, 0.05) is 49.6 Å². The fourth-order valence-corrected chi connectivity index (χ4v) is 4.48. The molecule has 1 aromatic rings. The van der Waals surface area contributed by atoms with E-state index in [4.69, 9.17) is 0 Å². The number of amides is 2. The van der Waals surface area contributed by atoms with Crippen LogP contribution in [0.25, 0.3) is 0 Å². The fourth-order valence-electron chi connectivity index (χ4n) is 3.71. The molecule has 2 atom stereocenters. The average Bonchev–Trinajstić information content (AvgIpc) is 3.09. The topological polar surface area (TPSA) is 53.5 Å². The summed E-state index contributed by atoms with van der Waals surface area (Å²) in [5.41, 5.74) is 0. The van der Waals surface area contributed by atoms with Gasteiger partial charge in [-0.15, -0.1) is 11.3 Å². The van der Waals surface area contributed by atoms with Crippen molar-refractivity contribution in [3.63, 3.8) is 0 Å². The summed E-state index contributed by atoms with van der Waals surface area (Å²) in [6.45, 7) is 2.23. The smallest absolute Gasteiger partial charge is 0.228 e. The van der Waals surface area contributed by atoms with E-state index in [1.54, 1.807) is 11.3 Å². The number of piperidine rings is 1. The monoisotopic (exact) mass is 319 g/mol. The van der Waals surface area contributed by atoms with Gasteiger partial charge < -0.3 is 9.80 Å². The third-order valence-corrected chi connectivity index (χ3v) is 5.97. The number of aromatic nitrogens is 1. The van der Waals surface area contributed by atoms with Crippen LogP contribution in [0.5, 0.6) is 0 Å². The maximum atomic E-state index is 12.8. The van der Waals surface area contributed by atoms with Gasteiger partial charge in [0.25, 0.3) is 0 Å². The van der Waals surface area contributed by atoms with Crippen LogP contribution in [0, 0.1) is 5.92 Å². The van der Waals surface area contributed by atoms with E-state index >= 15 is 0 Å². The summed E-state index contributed by atoms with van der Waals surface area (Å²) in [6.07, 6.45) is 6.61. The number of likely N-dealkylation sites (tertiary alicyclic amines) is 2. The molecule has 1 saturated carbocycles. The Kier molecular flexibility index (Phi) is 3.64. The van der Waals surface area contributed by atoms with E-state index in [1.165, 1.54) is 0 Å². The molecular weight excluding hydrogens is 298 g/mol. The number of thiazole rings is 1. The molecule has 0 aromatic carbocycles. The van der Waals surface area contributed by atoms with Gasteiger partial charge in [0.1, 0.15) is 0 Å². The predicted octanol–water partition coefficient (Wildman–Crippen LogP) is 1.86. The van der Waals surface area contributed by atoms with Gasteiger partial charge in [-0.3, -0.25) is 9.59 Å². The highest BCUT2D eigenvalue weighted by Crippen LogP contribution is 2.34. The molecule has 118 valence electrons. The lowest BCUT2D eigenvalue weighted by atomic mass is 9.96. The molecule has 0 N–H and O–H groups in total. The molecule has 4 rings (SSSR count). The van der Waals surface area contributed by atoms with Crippen LogP contribution >= 0.6 is 11.3 Å². The summed E-state index contributed by atoms with van der Waals surface area (Å²) < 4.78 is 0. The van der Waals surface area contributed by atoms with Gasteiger partial charge in [0.2, 0.25) is 11.8 Å². The number of hydrogen-bond donors (Lipinski definition) is 0. The van der Waals surface area contributed by atoms with Crippen LogP contribution in [0.4, 0.5) is 0 Å². The molecule has 0 bridgehead atoms. The molecule has 3 aliphatic rings. The molecule has 3 heterocycles. The minimum absolute atomic E-state index is 0.122. The van der Waals surface area contributed by atoms with Crippen molar-refractivity contribution in [3.8, 4) is 0 Å². The quantitative estimate of drug-likeness (QED) is 0.854. The number of rotatable bonds is 3. The van der Waals surface area contributed by atoms with E-state index in [0.717, 1.165) is 43.8 Å². The second kappa shape index (κ2) is 5.65. The maximum Gasteiger partial charge on any atom is 0.228 e. The molecule has 3 fully saturated rings. The molecule has 2 saturated heterocycles. The Balaban J connectivity index is 1.41. The van der Waals surface area contributed by atoms with Crippen LogP contribution in [0.1, 0.15) is 43.0 Å². The van der Waals surface area contributed by atoms with Crippen molar-refractivity contribution in [1.29, 1.82) is 0 Å². The molecule has 2 unspecified atom stereocenters. The zero-order chi connectivity index (χ0) is 15.1. The number of carbonyl (C=O) groups is 2. The molecule has 1 aliphatic carbocycles. The van der Waals surface area contributed by atoms with Gasteiger partial charge >= 0.3 is 0 Å². The minimum Gasteiger partial charge on any atom is -0.342 e. The van der Waals surface area contributed by atoms with Gasteiger partial charge in [-0.1, -0.05) is 0 Å². The third kappa shape index (κ3) is 2.64. The molecule has 0 radical (unpaired) electrons. The Morgan fingerprint density at radius 1 is 1.27 bits per heavy atom. The first-order valence-corrected chi connectivity index (χ1v) is 9.08.